The van der Waals surface area contributed by atoms with Crippen molar-refractivity contribution in [2.75, 3.05) is 5.32 Å². The molecule has 23 heavy (non-hydrogen) atoms. The fourth-order valence-corrected chi connectivity index (χ4v) is 1.95. The molecular weight excluding hydrogens is 309 g/mol. The Bertz CT molecular complexity index is 794. The third kappa shape index (κ3) is 3.84. The molecule has 1 N–H and O–H groups in total. The van der Waals surface area contributed by atoms with Crippen LogP contribution in [0.25, 0.3) is 0 Å². The van der Waals surface area contributed by atoms with E-state index in [0.29, 0.717) is 0 Å². The Morgan fingerprint density at radius 2 is 1.70 bits per heavy atom. The van der Waals surface area contributed by atoms with Crippen LogP contribution in [0.3, 0.4) is 0 Å². The topological polar surface area (TPSA) is 115 Å². The van der Waals surface area contributed by atoms with Crippen LogP contribution >= 0.6 is 0 Å². The standard InChI is InChI=1S/C14H10FN3O5/c15-11-6-5-10(8-13(11)18(22)23)16-14(19)7-9-3-1-2-4-12(9)17(20)21/h1-6,8H,7H2,(H,16,19). The number of nitro groups is 2. The van der Waals surface area contributed by atoms with Gasteiger partial charge in [-0.25, -0.2) is 0 Å². The average molecular weight is 319 g/mol. The highest BCUT2D eigenvalue weighted by molar-refractivity contribution is 5.93. The molecule has 0 aliphatic carbocycles. The Morgan fingerprint density at radius 3 is 2.35 bits per heavy atom. The summed E-state index contributed by atoms with van der Waals surface area (Å²) in [7, 11) is 0. The number of benzene rings is 2. The lowest BCUT2D eigenvalue weighted by Gasteiger charge is -2.06. The monoisotopic (exact) mass is 319 g/mol. The van der Waals surface area contributed by atoms with Gasteiger partial charge in [0.1, 0.15) is 0 Å². The van der Waals surface area contributed by atoms with Crippen molar-refractivity contribution in [1.82, 2.24) is 0 Å². The van der Waals surface area contributed by atoms with Gasteiger partial charge in [-0.3, -0.25) is 25.0 Å². The quantitative estimate of drug-likeness (QED) is 0.672. The largest absolute Gasteiger partial charge is 0.326 e. The number of carbonyl (C=O) groups excluding carboxylic acids is 1. The number of rotatable bonds is 5. The molecule has 2 aromatic carbocycles. The molecule has 0 radical (unpaired) electrons. The Hall–Kier alpha value is -3.36. The van der Waals surface area contributed by atoms with Gasteiger partial charge in [-0.15, -0.1) is 0 Å². The van der Waals surface area contributed by atoms with Gasteiger partial charge in [0.05, 0.1) is 16.3 Å². The van der Waals surface area contributed by atoms with Crippen molar-refractivity contribution in [1.29, 1.82) is 0 Å². The van der Waals surface area contributed by atoms with Crippen LogP contribution in [0, 0.1) is 26.0 Å². The second-order valence-electron chi connectivity index (χ2n) is 4.53. The lowest BCUT2D eigenvalue weighted by atomic mass is 10.1. The van der Waals surface area contributed by atoms with Crippen molar-refractivity contribution in [2.24, 2.45) is 0 Å². The van der Waals surface area contributed by atoms with Crippen LogP contribution in [-0.4, -0.2) is 15.8 Å². The highest BCUT2D eigenvalue weighted by atomic mass is 19.1. The zero-order valence-corrected chi connectivity index (χ0v) is 11.6. The lowest BCUT2D eigenvalue weighted by molar-refractivity contribution is -0.387. The molecule has 0 bridgehead atoms. The Kier molecular flexibility index (Phi) is 4.60. The lowest BCUT2D eigenvalue weighted by Crippen LogP contribution is -2.15. The van der Waals surface area contributed by atoms with Gasteiger partial charge in [-0.2, -0.15) is 4.39 Å². The summed E-state index contributed by atoms with van der Waals surface area (Å²) >= 11 is 0. The summed E-state index contributed by atoms with van der Waals surface area (Å²) in [6.07, 6.45) is -0.289. The van der Waals surface area contributed by atoms with E-state index in [1.807, 2.05) is 0 Å². The van der Waals surface area contributed by atoms with E-state index in [1.165, 1.54) is 24.3 Å². The Morgan fingerprint density at radius 1 is 1.04 bits per heavy atom. The molecule has 0 unspecified atom stereocenters. The van der Waals surface area contributed by atoms with Gasteiger partial charge in [0.2, 0.25) is 11.7 Å². The minimum absolute atomic E-state index is 0.0293. The summed E-state index contributed by atoms with van der Waals surface area (Å²) in [5.74, 6) is -1.63. The number of hydrogen-bond acceptors (Lipinski definition) is 5. The van der Waals surface area contributed by atoms with E-state index < -0.39 is 27.3 Å². The van der Waals surface area contributed by atoms with Gasteiger partial charge in [-0.05, 0) is 12.1 Å². The summed E-state index contributed by atoms with van der Waals surface area (Å²) in [5.41, 5.74) is -0.741. The van der Waals surface area contributed by atoms with Crippen molar-refractivity contribution >= 4 is 23.0 Å². The second-order valence-corrected chi connectivity index (χ2v) is 4.53. The summed E-state index contributed by atoms with van der Waals surface area (Å²) in [5, 5.41) is 23.9. The molecule has 0 aliphatic heterocycles. The third-order valence-corrected chi connectivity index (χ3v) is 2.97. The van der Waals surface area contributed by atoms with Crippen LogP contribution in [0.2, 0.25) is 0 Å². The molecule has 1 amide bonds. The molecule has 8 nitrogen and oxygen atoms in total. The number of hydrogen-bond donors (Lipinski definition) is 1. The molecule has 2 aromatic rings. The maximum Gasteiger partial charge on any atom is 0.306 e. The van der Waals surface area contributed by atoms with Crippen molar-refractivity contribution in [3.63, 3.8) is 0 Å². The van der Waals surface area contributed by atoms with Gasteiger partial charge >= 0.3 is 5.69 Å². The maximum atomic E-state index is 13.2. The van der Waals surface area contributed by atoms with Gasteiger partial charge in [0.15, 0.2) is 0 Å². The predicted molar refractivity (Wildman–Crippen MR) is 78.5 cm³/mol. The zero-order chi connectivity index (χ0) is 17.0. The first-order valence-corrected chi connectivity index (χ1v) is 6.34. The normalized spacial score (nSPS) is 10.1. The third-order valence-electron chi connectivity index (χ3n) is 2.97. The Labute approximate surface area is 128 Å². The molecule has 2 rings (SSSR count). The zero-order valence-electron chi connectivity index (χ0n) is 11.6. The number of nitrogens with one attached hydrogen (secondary N) is 1. The van der Waals surface area contributed by atoms with Crippen molar-refractivity contribution in [2.45, 2.75) is 6.42 Å². The summed E-state index contributed by atoms with van der Waals surface area (Å²) in [6.45, 7) is 0. The number of amides is 1. The van der Waals surface area contributed by atoms with E-state index in [9.17, 15) is 29.4 Å². The minimum atomic E-state index is -1.02. The van der Waals surface area contributed by atoms with Crippen molar-refractivity contribution in [3.05, 3.63) is 74.1 Å². The van der Waals surface area contributed by atoms with E-state index in [-0.39, 0.29) is 23.4 Å². The van der Waals surface area contributed by atoms with Gasteiger partial charge in [0.25, 0.3) is 5.69 Å². The predicted octanol–water partition coefficient (Wildman–Crippen LogP) is 2.82. The fraction of sp³-hybridized carbons (Fsp3) is 0.0714. The van der Waals surface area contributed by atoms with Crippen LogP contribution in [-0.2, 0) is 11.2 Å². The highest BCUT2D eigenvalue weighted by Crippen LogP contribution is 2.22. The summed E-state index contributed by atoms with van der Waals surface area (Å²) in [6, 6.07) is 8.64. The molecule has 0 aliphatic rings. The summed E-state index contributed by atoms with van der Waals surface area (Å²) in [4.78, 5) is 31.9. The maximum absolute atomic E-state index is 13.2. The van der Waals surface area contributed by atoms with Crippen LogP contribution in [0.15, 0.2) is 42.5 Å². The van der Waals surface area contributed by atoms with Gasteiger partial charge < -0.3 is 5.32 Å². The first kappa shape index (κ1) is 16.0. The summed E-state index contributed by atoms with van der Waals surface area (Å²) < 4.78 is 13.2. The molecule has 0 saturated carbocycles. The van der Waals surface area contributed by atoms with E-state index >= 15 is 0 Å². The van der Waals surface area contributed by atoms with Gasteiger partial charge in [-0.1, -0.05) is 18.2 Å². The number of para-hydroxylation sites is 1. The average Bonchev–Trinajstić information content (AvgIpc) is 2.49. The van der Waals surface area contributed by atoms with Crippen LogP contribution in [0.1, 0.15) is 5.56 Å². The first-order valence-electron chi connectivity index (χ1n) is 6.34. The number of nitro benzene ring substituents is 2. The van der Waals surface area contributed by atoms with E-state index in [0.717, 1.165) is 12.1 Å². The van der Waals surface area contributed by atoms with Crippen molar-refractivity contribution < 1.29 is 19.0 Å². The molecule has 0 saturated heterocycles. The van der Waals surface area contributed by atoms with E-state index in [1.54, 1.807) is 6.07 Å². The van der Waals surface area contributed by atoms with Gasteiger partial charge in [0, 0.05) is 23.4 Å². The molecule has 0 heterocycles. The SMILES string of the molecule is O=C(Cc1ccccc1[N+](=O)[O-])Nc1ccc(F)c([N+](=O)[O-])c1. The first-order chi connectivity index (χ1) is 10.9. The van der Waals surface area contributed by atoms with Crippen LogP contribution < -0.4 is 5.32 Å². The molecule has 0 fully saturated rings. The number of anilines is 1. The number of carbonyl (C=O) groups is 1. The number of nitrogens with zero attached hydrogens (tertiary/aromatic N) is 2. The smallest absolute Gasteiger partial charge is 0.306 e. The van der Waals surface area contributed by atoms with E-state index in [4.69, 9.17) is 0 Å². The molecule has 0 spiro atoms. The molecule has 0 atom stereocenters. The van der Waals surface area contributed by atoms with E-state index in [2.05, 4.69) is 5.32 Å². The van der Waals surface area contributed by atoms with Crippen LogP contribution in [0.5, 0.6) is 0 Å². The van der Waals surface area contributed by atoms with Crippen molar-refractivity contribution in [3.8, 4) is 0 Å². The second kappa shape index (κ2) is 6.60. The number of halogens is 1. The highest BCUT2D eigenvalue weighted by Gasteiger charge is 2.18. The fourth-order valence-electron chi connectivity index (χ4n) is 1.95. The van der Waals surface area contributed by atoms with Crippen LogP contribution in [0.4, 0.5) is 21.5 Å². The Balaban J connectivity index is 2.16. The molecule has 118 valence electrons. The minimum Gasteiger partial charge on any atom is -0.326 e. The molecule has 0 aromatic heterocycles. The molecular formula is C14H10FN3O5. The molecule has 9 heteroatoms.